The maximum absolute atomic E-state index is 7.04. The Kier molecular flexibility index (Phi) is 11.9. The van der Waals surface area contributed by atoms with Crippen LogP contribution in [0.1, 0.15) is 0 Å². The predicted octanol–water partition coefficient (Wildman–Crippen LogP) is 18.1. The van der Waals surface area contributed by atoms with Gasteiger partial charge in [0.05, 0.1) is 60.4 Å². The average molecular weight is 1060 g/mol. The van der Waals surface area contributed by atoms with Gasteiger partial charge in [0.1, 0.15) is 5.58 Å². The van der Waals surface area contributed by atoms with Crippen molar-refractivity contribution in [1.82, 2.24) is 4.57 Å². The largest absolute Gasteiger partial charge is 0.454 e. The van der Waals surface area contributed by atoms with E-state index in [1.165, 1.54) is 53.1 Å². The molecular weight excluding hydrogens is 987 g/mol. The predicted molar refractivity (Wildman–Crippen MR) is 344 cm³/mol. The molecule has 4 nitrogen and oxygen atoms in total. The molecule has 0 bridgehead atoms. The van der Waals surface area contributed by atoms with Crippen molar-refractivity contribution in [3.8, 4) is 5.69 Å². The molecule has 378 valence electrons. The Morgan fingerprint density at radius 2 is 0.632 bits per heavy atom. The number of nitrogens with zero attached hydrogens (tertiary/aromatic N) is 3. The zero-order valence-corrected chi connectivity index (χ0v) is 50.3. The van der Waals surface area contributed by atoms with E-state index in [1.807, 2.05) is 0 Å². The summed E-state index contributed by atoms with van der Waals surface area (Å²) in [5.41, 5.74) is 11.8. The number of furan rings is 1. The third-order valence-corrected chi connectivity index (χ3v) is 24.1. The minimum Gasteiger partial charge on any atom is -0.454 e. The van der Waals surface area contributed by atoms with Crippen molar-refractivity contribution >= 4 is 152 Å². The summed E-state index contributed by atoms with van der Waals surface area (Å²) in [6.07, 6.45) is 0. The van der Waals surface area contributed by atoms with Crippen molar-refractivity contribution in [1.29, 1.82) is 0 Å². The maximum Gasteiger partial charge on any atom is 0.159 e. The van der Waals surface area contributed by atoms with Crippen molar-refractivity contribution in [3.63, 3.8) is 0 Å². The van der Waals surface area contributed by atoms with E-state index < -0.39 is 32.3 Å². The first-order chi connectivity index (χ1) is 36.2. The lowest BCUT2D eigenvalue weighted by Crippen LogP contribution is -2.37. The Balaban J connectivity index is 1.23. The molecule has 0 aliphatic rings. The van der Waals surface area contributed by atoms with Gasteiger partial charge in [-0.15, -0.1) is 0 Å². The summed E-state index contributed by atoms with van der Waals surface area (Å²) in [6, 6.07) is 76.2. The fourth-order valence-electron chi connectivity index (χ4n) is 11.5. The lowest BCUT2D eigenvalue weighted by atomic mass is 9.96. The number of anilines is 6. The van der Waals surface area contributed by atoms with Crippen LogP contribution in [-0.2, 0) is 0 Å². The fourth-order valence-corrected chi connectivity index (χ4v) is 16.2. The summed E-state index contributed by atoms with van der Waals surface area (Å²) in [6.45, 7) is 29.2. The van der Waals surface area contributed by atoms with Gasteiger partial charge in [-0.05, 0) is 83.6 Å². The number of benzene rings is 10. The second kappa shape index (κ2) is 18.2. The summed E-state index contributed by atoms with van der Waals surface area (Å²) in [4.78, 5) is 5.01. The van der Waals surface area contributed by atoms with Gasteiger partial charge in [-0.2, -0.15) is 0 Å². The molecule has 0 saturated heterocycles. The van der Waals surface area contributed by atoms with Crippen LogP contribution < -0.4 is 30.5 Å². The molecule has 2 heterocycles. The highest BCUT2D eigenvalue weighted by Crippen LogP contribution is 2.50. The van der Waals surface area contributed by atoms with Gasteiger partial charge >= 0.3 is 0 Å². The Hall–Kier alpha value is -7.21. The highest BCUT2D eigenvalue weighted by molar-refractivity contribution is 6.90. The van der Waals surface area contributed by atoms with Gasteiger partial charge in [0.25, 0.3) is 0 Å². The second-order valence-corrected chi connectivity index (χ2v) is 45.4. The zero-order valence-electron chi connectivity index (χ0n) is 46.3. The molecule has 0 saturated carbocycles. The Morgan fingerprint density at radius 3 is 0.987 bits per heavy atom. The van der Waals surface area contributed by atoms with E-state index in [0.717, 1.165) is 72.8 Å². The van der Waals surface area contributed by atoms with Crippen LogP contribution in [0.2, 0.25) is 78.6 Å². The molecule has 0 fully saturated rings. The molecule has 2 aromatic heterocycles. The molecule has 0 aliphatic carbocycles. The molecule has 12 rings (SSSR count). The van der Waals surface area contributed by atoms with E-state index in [1.54, 1.807) is 0 Å². The van der Waals surface area contributed by atoms with E-state index >= 15 is 0 Å². The number of hydrogen-bond acceptors (Lipinski definition) is 3. The normalized spacial score (nSPS) is 12.7. The first-order valence-corrected chi connectivity index (χ1v) is 41.1. The number of fused-ring (bicyclic) bond motifs is 10. The minimum atomic E-state index is -1.58. The summed E-state index contributed by atoms with van der Waals surface area (Å²) in [5, 5.41) is 15.2. The molecule has 0 spiro atoms. The molecule has 0 radical (unpaired) electrons. The van der Waals surface area contributed by atoms with Crippen LogP contribution in [0.5, 0.6) is 0 Å². The lowest BCUT2D eigenvalue weighted by molar-refractivity contribution is 0.666. The molecule has 76 heavy (non-hydrogen) atoms. The zero-order chi connectivity index (χ0) is 53.1. The third-order valence-electron chi connectivity index (χ3n) is 15.8. The minimum absolute atomic E-state index is 0.869. The number of rotatable bonds is 11. The molecule has 0 unspecified atom stereocenters. The van der Waals surface area contributed by atoms with Gasteiger partial charge in [0, 0.05) is 55.1 Å². The van der Waals surface area contributed by atoms with Crippen LogP contribution >= 0.6 is 0 Å². The van der Waals surface area contributed by atoms with Crippen molar-refractivity contribution in [3.05, 3.63) is 200 Å². The molecule has 0 amide bonds. The molecule has 12 aromatic rings. The standard InChI is InChI=1S/C68H69N3OSi4/c1-73(2,3)50-36-28-46(29-37-50)69(47-30-38-51(39-31-47)74(4,5)6)61-44-63-66(57-23-15-13-20-54(57)61)67-58-24-16-14-21-55(58)62(45-64(67)71(63)60-26-19-25-59-56-22-17-18-27-65(56)72-68(59)60)70(48-32-40-52(41-33-48)75(7,8)9)49-34-42-53(43-35-49)76(10,11)12/h13-45H,1-12H3. The van der Waals surface area contributed by atoms with Crippen molar-refractivity contribution in [2.45, 2.75) is 78.6 Å². The summed E-state index contributed by atoms with van der Waals surface area (Å²) < 4.78 is 9.57. The van der Waals surface area contributed by atoms with Crippen molar-refractivity contribution < 1.29 is 4.42 Å². The van der Waals surface area contributed by atoms with E-state index in [9.17, 15) is 0 Å². The van der Waals surface area contributed by atoms with Crippen LogP contribution in [0.4, 0.5) is 34.1 Å². The average Bonchev–Trinajstić information content (AvgIpc) is 3.95. The topological polar surface area (TPSA) is 24.6 Å². The smallest absolute Gasteiger partial charge is 0.159 e. The van der Waals surface area contributed by atoms with Gasteiger partial charge in [-0.3, -0.25) is 0 Å². The van der Waals surface area contributed by atoms with Crippen molar-refractivity contribution in [2.75, 3.05) is 9.80 Å². The lowest BCUT2D eigenvalue weighted by Gasteiger charge is -2.29. The van der Waals surface area contributed by atoms with Gasteiger partial charge < -0.3 is 18.8 Å². The summed E-state index contributed by atoms with van der Waals surface area (Å²) in [5.74, 6) is 0. The van der Waals surface area contributed by atoms with Gasteiger partial charge in [-0.25, -0.2) is 0 Å². The van der Waals surface area contributed by atoms with E-state index in [0.29, 0.717) is 0 Å². The van der Waals surface area contributed by atoms with Crippen LogP contribution in [0.3, 0.4) is 0 Å². The van der Waals surface area contributed by atoms with E-state index in [4.69, 9.17) is 4.42 Å². The van der Waals surface area contributed by atoms with Crippen LogP contribution in [0, 0.1) is 0 Å². The SMILES string of the molecule is C[Si](C)(C)c1ccc(N(c2ccc([Si](C)(C)C)cc2)c2cc3c(c4ccccc24)c2c4ccccc4c(N(c4ccc([Si](C)(C)C)cc4)c4ccc([Si](C)(C)C)cc4)cc2n3-c2cccc3c2oc2ccccc23)cc1. The summed E-state index contributed by atoms with van der Waals surface area (Å²) >= 11 is 0. The quantitative estimate of drug-likeness (QED) is 0.121. The first kappa shape index (κ1) is 49.7. The number of para-hydroxylation sites is 2. The first-order valence-electron chi connectivity index (χ1n) is 27.1. The molecule has 0 aliphatic heterocycles. The van der Waals surface area contributed by atoms with Gasteiger partial charge in [-0.1, -0.05) is 227 Å². The highest BCUT2D eigenvalue weighted by Gasteiger charge is 2.29. The van der Waals surface area contributed by atoms with Crippen LogP contribution in [-0.4, -0.2) is 36.9 Å². The second-order valence-electron chi connectivity index (χ2n) is 25.1. The monoisotopic (exact) mass is 1060 g/mol. The fraction of sp³-hybridized carbons (Fsp3) is 0.176. The van der Waals surface area contributed by atoms with E-state index in [2.05, 4.69) is 293 Å². The Labute approximate surface area is 452 Å². The van der Waals surface area contributed by atoms with Crippen molar-refractivity contribution in [2.24, 2.45) is 0 Å². The van der Waals surface area contributed by atoms with Gasteiger partial charge in [0.15, 0.2) is 5.58 Å². The molecular formula is C68H69N3OSi4. The molecule has 8 heteroatoms. The van der Waals surface area contributed by atoms with Crippen LogP contribution in [0.15, 0.2) is 205 Å². The number of hydrogen-bond donors (Lipinski definition) is 0. The Bertz CT molecular complexity index is 3850. The van der Waals surface area contributed by atoms with Gasteiger partial charge in [0.2, 0.25) is 0 Å². The molecule has 10 aromatic carbocycles. The Morgan fingerprint density at radius 1 is 0.316 bits per heavy atom. The highest BCUT2D eigenvalue weighted by atomic mass is 28.3. The van der Waals surface area contributed by atoms with Crippen LogP contribution in [0.25, 0.3) is 71.0 Å². The third kappa shape index (κ3) is 8.56. The summed E-state index contributed by atoms with van der Waals surface area (Å²) in [7, 11) is -6.33. The molecule has 0 atom stereocenters. The maximum atomic E-state index is 7.04. The number of aromatic nitrogens is 1. The van der Waals surface area contributed by atoms with E-state index in [-0.39, 0.29) is 0 Å². The molecule has 0 N–H and O–H groups in total.